The Morgan fingerprint density at radius 1 is 1.45 bits per heavy atom. The van der Waals surface area contributed by atoms with E-state index in [0.29, 0.717) is 6.42 Å². The number of nitro benzene ring substituents is 1. The Balaban J connectivity index is 2.21. The number of rotatable bonds is 5. The number of aryl methyl sites for hydroxylation is 1. The fourth-order valence-electron chi connectivity index (χ4n) is 2.00. The molecule has 1 unspecified atom stereocenters. The van der Waals surface area contributed by atoms with Crippen LogP contribution in [0.2, 0.25) is 0 Å². The second-order valence-corrected chi connectivity index (χ2v) is 6.35. The Bertz CT molecular complexity index is 627. The van der Waals surface area contributed by atoms with Gasteiger partial charge in [0.1, 0.15) is 0 Å². The van der Waals surface area contributed by atoms with Crippen molar-refractivity contribution < 1.29 is 4.92 Å². The molecule has 0 spiro atoms. The van der Waals surface area contributed by atoms with Gasteiger partial charge in [-0.25, -0.2) is 0 Å². The fraction of sp³-hybridized carbons (Fsp3) is 0.286. The summed E-state index contributed by atoms with van der Waals surface area (Å²) >= 11 is 5.08. The van der Waals surface area contributed by atoms with Crippen LogP contribution in [0.15, 0.2) is 34.1 Å². The van der Waals surface area contributed by atoms with Crippen LogP contribution < -0.4 is 5.32 Å². The van der Waals surface area contributed by atoms with Gasteiger partial charge in [0.2, 0.25) is 0 Å². The third-order valence-electron chi connectivity index (χ3n) is 3.06. The number of thiophene rings is 1. The van der Waals surface area contributed by atoms with Gasteiger partial charge in [0.25, 0.3) is 5.69 Å². The molecule has 2 aromatic rings. The van der Waals surface area contributed by atoms with Gasteiger partial charge in [-0.2, -0.15) is 0 Å². The van der Waals surface area contributed by atoms with E-state index in [9.17, 15) is 10.1 Å². The van der Waals surface area contributed by atoms with E-state index < -0.39 is 0 Å². The highest BCUT2D eigenvalue weighted by Gasteiger charge is 2.15. The molecule has 4 nitrogen and oxygen atoms in total. The van der Waals surface area contributed by atoms with E-state index in [2.05, 4.69) is 27.3 Å². The first-order chi connectivity index (χ1) is 9.51. The third-order valence-corrected chi connectivity index (χ3v) is 4.94. The summed E-state index contributed by atoms with van der Waals surface area (Å²) < 4.78 is 1.05. The molecule has 1 aromatic heterocycles. The molecule has 1 heterocycles. The van der Waals surface area contributed by atoms with Gasteiger partial charge in [0.05, 0.1) is 11.0 Å². The van der Waals surface area contributed by atoms with Crippen LogP contribution in [0.5, 0.6) is 0 Å². The number of hydrogen-bond acceptors (Lipinski definition) is 4. The normalized spacial score (nSPS) is 12.2. The summed E-state index contributed by atoms with van der Waals surface area (Å²) in [5.74, 6) is 0. The maximum Gasteiger partial charge on any atom is 0.274 e. The predicted molar refractivity (Wildman–Crippen MR) is 86.5 cm³/mol. The second kappa shape index (κ2) is 6.37. The van der Waals surface area contributed by atoms with Crippen molar-refractivity contribution in [3.05, 3.63) is 54.7 Å². The zero-order valence-corrected chi connectivity index (χ0v) is 13.6. The molecule has 0 aliphatic carbocycles. The SMILES string of the molecule is CCc1ccc(NC(C)c2cc(Br)cs2)cc1[N+](=O)[O-]. The van der Waals surface area contributed by atoms with Gasteiger partial charge in [-0.1, -0.05) is 13.0 Å². The van der Waals surface area contributed by atoms with Crippen LogP contribution in [-0.2, 0) is 6.42 Å². The molecular formula is C14H15BrN2O2S. The summed E-state index contributed by atoms with van der Waals surface area (Å²) in [6.07, 6.45) is 0.657. The zero-order chi connectivity index (χ0) is 14.7. The van der Waals surface area contributed by atoms with Crippen molar-refractivity contribution in [2.75, 3.05) is 5.32 Å². The lowest BCUT2D eigenvalue weighted by Crippen LogP contribution is -2.05. The summed E-state index contributed by atoms with van der Waals surface area (Å²) in [7, 11) is 0. The Labute approximate surface area is 130 Å². The molecule has 0 radical (unpaired) electrons. The van der Waals surface area contributed by atoms with E-state index in [1.807, 2.05) is 31.4 Å². The topological polar surface area (TPSA) is 55.2 Å². The minimum absolute atomic E-state index is 0.110. The first-order valence-electron chi connectivity index (χ1n) is 6.29. The Morgan fingerprint density at radius 3 is 2.75 bits per heavy atom. The maximum atomic E-state index is 11.1. The molecule has 0 fully saturated rings. The molecule has 20 heavy (non-hydrogen) atoms. The Hall–Kier alpha value is -1.40. The number of halogens is 1. The average Bonchev–Trinajstić information content (AvgIpc) is 2.85. The van der Waals surface area contributed by atoms with Crippen LogP contribution in [0.3, 0.4) is 0 Å². The van der Waals surface area contributed by atoms with Crippen molar-refractivity contribution in [3.63, 3.8) is 0 Å². The largest absolute Gasteiger partial charge is 0.378 e. The van der Waals surface area contributed by atoms with Crippen LogP contribution in [0.1, 0.15) is 30.3 Å². The molecule has 2 rings (SSSR count). The lowest BCUT2D eigenvalue weighted by molar-refractivity contribution is -0.385. The summed E-state index contributed by atoms with van der Waals surface area (Å²) in [5, 5.41) is 16.4. The number of nitrogens with one attached hydrogen (secondary N) is 1. The van der Waals surface area contributed by atoms with Crippen molar-refractivity contribution in [1.82, 2.24) is 0 Å². The van der Waals surface area contributed by atoms with Gasteiger partial charge in [0.15, 0.2) is 0 Å². The fourth-order valence-corrected chi connectivity index (χ4v) is 3.45. The van der Waals surface area contributed by atoms with Crippen LogP contribution in [0.4, 0.5) is 11.4 Å². The highest BCUT2D eigenvalue weighted by molar-refractivity contribution is 9.10. The Kier molecular flexibility index (Phi) is 4.77. The van der Waals surface area contributed by atoms with E-state index in [-0.39, 0.29) is 16.7 Å². The summed E-state index contributed by atoms with van der Waals surface area (Å²) in [6.45, 7) is 3.96. The molecule has 1 atom stereocenters. The van der Waals surface area contributed by atoms with Crippen LogP contribution >= 0.6 is 27.3 Å². The second-order valence-electron chi connectivity index (χ2n) is 4.49. The molecule has 1 N–H and O–H groups in total. The van der Waals surface area contributed by atoms with E-state index in [0.717, 1.165) is 15.7 Å². The molecule has 1 aromatic carbocycles. The lowest BCUT2D eigenvalue weighted by Gasteiger charge is -2.14. The molecule has 0 saturated heterocycles. The number of hydrogen-bond donors (Lipinski definition) is 1. The number of benzene rings is 1. The van der Waals surface area contributed by atoms with Crippen LogP contribution in [0, 0.1) is 10.1 Å². The first-order valence-corrected chi connectivity index (χ1v) is 7.96. The smallest absolute Gasteiger partial charge is 0.274 e. The van der Waals surface area contributed by atoms with E-state index >= 15 is 0 Å². The summed E-state index contributed by atoms with van der Waals surface area (Å²) in [5.41, 5.74) is 1.70. The quantitative estimate of drug-likeness (QED) is 0.596. The van der Waals surface area contributed by atoms with Crippen molar-refractivity contribution in [2.24, 2.45) is 0 Å². The van der Waals surface area contributed by atoms with Crippen molar-refractivity contribution in [1.29, 1.82) is 0 Å². The number of anilines is 1. The third kappa shape index (κ3) is 3.37. The molecule has 6 heteroatoms. The molecular weight excluding hydrogens is 340 g/mol. The Morgan fingerprint density at radius 2 is 2.20 bits per heavy atom. The lowest BCUT2D eigenvalue weighted by atomic mass is 10.1. The van der Waals surface area contributed by atoms with Crippen LogP contribution in [-0.4, -0.2) is 4.92 Å². The molecule has 106 valence electrons. The number of nitrogens with zero attached hydrogens (tertiary/aromatic N) is 1. The van der Waals surface area contributed by atoms with Gasteiger partial charge < -0.3 is 5.32 Å². The van der Waals surface area contributed by atoms with Crippen LogP contribution in [0.25, 0.3) is 0 Å². The van der Waals surface area contributed by atoms with Gasteiger partial charge in [0, 0.05) is 32.0 Å². The zero-order valence-electron chi connectivity index (χ0n) is 11.2. The number of nitro groups is 1. The van der Waals surface area contributed by atoms with Gasteiger partial charge in [-0.05, 0) is 41.4 Å². The molecule has 0 aliphatic rings. The monoisotopic (exact) mass is 354 g/mol. The predicted octanol–water partition coefficient (Wildman–Crippen LogP) is 5.15. The molecule has 0 bridgehead atoms. The molecule has 0 amide bonds. The van der Waals surface area contributed by atoms with Crippen molar-refractivity contribution >= 4 is 38.6 Å². The molecule has 0 aliphatic heterocycles. The van der Waals surface area contributed by atoms with Crippen molar-refractivity contribution in [3.8, 4) is 0 Å². The minimum atomic E-state index is -0.323. The van der Waals surface area contributed by atoms with E-state index in [4.69, 9.17) is 0 Å². The first kappa shape index (κ1) is 15.0. The summed E-state index contributed by atoms with van der Waals surface area (Å²) in [6, 6.07) is 7.48. The molecule has 0 saturated carbocycles. The maximum absolute atomic E-state index is 11.1. The van der Waals surface area contributed by atoms with Gasteiger partial charge in [-0.15, -0.1) is 11.3 Å². The summed E-state index contributed by atoms with van der Waals surface area (Å²) in [4.78, 5) is 11.9. The van der Waals surface area contributed by atoms with E-state index in [1.165, 1.54) is 4.88 Å². The van der Waals surface area contributed by atoms with Gasteiger partial charge >= 0.3 is 0 Å². The highest BCUT2D eigenvalue weighted by atomic mass is 79.9. The van der Waals surface area contributed by atoms with Crippen molar-refractivity contribution in [2.45, 2.75) is 26.3 Å². The standard InChI is InChI=1S/C14H15BrN2O2S/c1-3-10-4-5-12(7-13(10)17(18)19)16-9(2)14-6-11(15)8-20-14/h4-9,16H,3H2,1-2H3. The van der Waals surface area contributed by atoms with Gasteiger partial charge in [-0.3, -0.25) is 10.1 Å². The average molecular weight is 355 g/mol. The minimum Gasteiger partial charge on any atom is -0.378 e. The van der Waals surface area contributed by atoms with E-state index in [1.54, 1.807) is 17.4 Å². The highest BCUT2D eigenvalue weighted by Crippen LogP contribution is 2.30.